The van der Waals surface area contributed by atoms with Crippen molar-refractivity contribution in [2.24, 2.45) is 0 Å². The van der Waals surface area contributed by atoms with Crippen LogP contribution < -0.4 is 4.72 Å². The Morgan fingerprint density at radius 2 is 2.26 bits per heavy atom. The molecule has 0 saturated carbocycles. The zero-order chi connectivity index (χ0) is 13.7. The summed E-state index contributed by atoms with van der Waals surface area (Å²) in [5, 5.41) is 0.155. The molecule has 1 heterocycles. The maximum Gasteiger partial charge on any atom is 0.257 e. The molecule has 1 aliphatic carbocycles. The van der Waals surface area contributed by atoms with Crippen molar-refractivity contribution in [3.8, 4) is 0 Å². The second-order valence-electron chi connectivity index (χ2n) is 4.80. The molecule has 106 valence electrons. The van der Waals surface area contributed by atoms with E-state index in [0.717, 1.165) is 19.3 Å². The minimum absolute atomic E-state index is 0.155. The SMILES string of the molecule is CCc1ncc(S(=O)(=O)NCCC2=CCCCC2)[nH]1. The number of aromatic amines is 1. The van der Waals surface area contributed by atoms with Gasteiger partial charge < -0.3 is 4.98 Å². The van der Waals surface area contributed by atoms with Gasteiger partial charge in [-0.2, -0.15) is 0 Å². The van der Waals surface area contributed by atoms with Crippen molar-refractivity contribution in [3.63, 3.8) is 0 Å². The highest BCUT2D eigenvalue weighted by atomic mass is 32.2. The molecule has 0 saturated heterocycles. The number of sulfonamides is 1. The number of hydrogen-bond acceptors (Lipinski definition) is 3. The van der Waals surface area contributed by atoms with Gasteiger partial charge in [-0.15, -0.1) is 0 Å². The van der Waals surface area contributed by atoms with Crippen LogP contribution in [0.4, 0.5) is 0 Å². The van der Waals surface area contributed by atoms with Crippen LogP contribution in [0.25, 0.3) is 0 Å². The Labute approximate surface area is 114 Å². The molecular weight excluding hydrogens is 262 g/mol. The smallest absolute Gasteiger partial charge is 0.257 e. The van der Waals surface area contributed by atoms with Crippen LogP contribution in [0.15, 0.2) is 22.9 Å². The first-order valence-electron chi connectivity index (χ1n) is 6.83. The van der Waals surface area contributed by atoms with Crippen molar-refractivity contribution in [2.45, 2.75) is 50.5 Å². The minimum Gasteiger partial charge on any atom is -0.332 e. The van der Waals surface area contributed by atoms with E-state index >= 15 is 0 Å². The fourth-order valence-electron chi connectivity index (χ4n) is 2.21. The molecule has 1 aromatic rings. The van der Waals surface area contributed by atoms with E-state index in [0.29, 0.717) is 18.8 Å². The molecule has 1 aromatic heterocycles. The van der Waals surface area contributed by atoms with E-state index in [2.05, 4.69) is 20.8 Å². The Balaban J connectivity index is 1.88. The Kier molecular flexibility index (Phi) is 4.76. The van der Waals surface area contributed by atoms with Crippen LogP contribution in [0.5, 0.6) is 0 Å². The molecular formula is C13H21N3O2S. The summed E-state index contributed by atoms with van der Waals surface area (Å²) in [7, 11) is -3.45. The number of rotatable bonds is 6. The van der Waals surface area contributed by atoms with Crippen LogP contribution in [0.1, 0.15) is 44.9 Å². The first-order chi connectivity index (χ1) is 9.12. The number of H-pyrrole nitrogens is 1. The largest absolute Gasteiger partial charge is 0.332 e. The zero-order valence-electron chi connectivity index (χ0n) is 11.3. The molecule has 0 spiro atoms. The van der Waals surface area contributed by atoms with Crippen molar-refractivity contribution in [2.75, 3.05) is 6.54 Å². The number of allylic oxidation sites excluding steroid dienone is 1. The van der Waals surface area contributed by atoms with Gasteiger partial charge in [-0.3, -0.25) is 0 Å². The van der Waals surface area contributed by atoms with Crippen molar-refractivity contribution < 1.29 is 8.42 Å². The van der Waals surface area contributed by atoms with Crippen LogP contribution in [-0.2, 0) is 16.4 Å². The lowest BCUT2D eigenvalue weighted by Gasteiger charge is -2.12. The van der Waals surface area contributed by atoms with Gasteiger partial charge in [0.25, 0.3) is 10.0 Å². The Bertz CT molecular complexity index is 546. The molecule has 0 amide bonds. The first-order valence-corrected chi connectivity index (χ1v) is 8.31. The van der Waals surface area contributed by atoms with E-state index in [9.17, 15) is 8.42 Å². The van der Waals surface area contributed by atoms with Gasteiger partial charge in [-0.25, -0.2) is 18.1 Å². The normalized spacial score (nSPS) is 16.4. The quantitative estimate of drug-likeness (QED) is 0.785. The van der Waals surface area contributed by atoms with Crippen LogP contribution >= 0.6 is 0 Å². The fourth-order valence-corrected chi connectivity index (χ4v) is 3.18. The topological polar surface area (TPSA) is 74.8 Å². The van der Waals surface area contributed by atoms with Gasteiger partial charge in [-0.1, -0.05) is 18.6 Å². The highest BCUT2D eigenvalue weighted by molar-refractivity contribution is 7.89. The van der Waals surface area contributed by atoms with E-state index < -0.39 is 10.0 Å². The van der Waals surface area contributed by atoms with Crippen molar-refractivity contribution in [1.82, 2.24) is 14.7 Å². The number of nitrogens with zero attached hydrogens (tertiary/aromatic N) is 1. The number of aromatic nitrogens is 2. The summed E-state index contributed by atoms with van der Waals surface area (Å²) >= 11 is 0. The molecule has 6 heteroatoms. The maximum absolute atomic E-state index is 12.0. The highest BCUT2D eigenvalue weighted by Crippen LogP contribution is 2.19. The predicted octanol–water partition coefficient (Wildman–Crippen LogP) is 2.14. The monoisotopic (exact) mass is 283 g/mol. The van der Waals surface area contributed by atoms with Gasteiger partial charge in [0.2, 0.25) is 0 Å². The Morgan fingerprint density at radius 1 is 1.42 bits per heavy atom. The lowest BCUT2D eigenvalue weighted by Crippen LogP contribution is -2.25. The molecule has 0 fully saturated rings. The van der Waals surface area contributed by atoms with E-state index in [1.165, 1.54) is 24.6 Å². The standard InChI is InChI=1S/C13H21N3O2S/c1-2-12-14-10-13(16-12)19(17,18)15-9-8-11-6-4-3-5-7-11/h6,10,15H,2-5,7-9H2,1H3,(H,14,16). The van der Waals surface area contributed by atoms with Crippen molar-refractivity contribution >= 4 is 10.0 Å². The molecule has 1 aliphatic rings. The molecule has 2 rings (SSSR count). The van der Waals surface area contributed by atoms with E-state index in [4.69, 9.17) is 0 Å². The molecule has 5 nitrogen and oxygen atoms in total. The van der Waals surface area contributed by atoms with Gasteiger partial charge in [0.1, 0.15) is 5.82 Å². The summed E-state index contributed by atoms with van der Waals surface area (Å²) in [6.07, 6.45) is 9.82. The lowest BCUT2D eigenvalue weighted by atomic mass is 9.97. The predicted molar refractivity (Wildman–Crippen MR) is 74.3 cm³/mol. The summed E-state index contributed by atoms with van der Waals surface area (Å²) < 4.78 is 26.6. The molecule has 2 N–H and O–H groups in total. The first kappa shape index (κ1) is 14.3. The van der Waals surface area contributed by atoms with Crippen molar-refractivity contribution in [3.05, 3.63) is 23.7 Å². The van der Waals surface area contributed by atoms with Gasteiger partial charge in [-0.05, 0) is 32.1 Å². The number of imidazole rings is 1. The third-order valence-corrected chi connectivity index (χ3v) is 4.72. The summed E-state index contributed by atoms with van der Waals surface area (Å²) in [5.41, 5.74) is 1.37. The average Bonchev–Trinajstić information content (AvgIpc) is 2.89. The third kappa shape index (κ3) is 3.91. The molecule has 0 aliphatic heterocycles. The van der Waals surface area contributed by atoms with E-state index in [1.54, 1.807) is 0 Å². The van der Waals surface area contributed by atoms with E-state index in [1.807, 2.05) is 6.92 Å². The van der Waals surface area contributed by atoms with Gasteiger partial charge in [0.15, 0.2) is 5.03 Å². The van der Waals surface area contributed by atoms with Gasteiger partial charge in [0.05, 0.1) is 6.20 Å². The molecule has 0 aromatic carbocycles. The van der Waals surface area contributed by atoms with E-state index in [-0.39, 0.29) is 5.03 Å². The molecule has 0 unspecified atom stereocenters. The molecule has 0 radical (unpaired) electrons. The summed E-state index contributed by atoms with van der Waals surface area (Å²) in [4.78, 5) is 6.83. The zero-order valence-corrected chi connectivity index (χ0v) is 12.1. The maximum atomic E-state index is 12.0. The van der Waals surface area contributed by atoms with Gasteiger partial charge >= 0.3 is 0 Å². The third-order valence-electron chi connectivity index (χ3n) is 3.35. The summed E-state index contributed by atoms with van der Waals surface area (Å²) in [5.74, 6) is 0.690. The molecule has 0 atom stereocenters. The van der Waals surface area contributed by atoms with Crippen LogP contribution in [-0.4, -0.2) is 24.9 Å². The second kappa shape index (κ2) is 6.34. The van der Waals surface area contributed by atoms with Crippen LogP contribution in [0.2, 0.25) is 0 Å². The van der Waals surface area contributed by atoms with Gasteiger partial charge in [0, 0.05) is 13.0 Å². The number of aryl methyl sites for hydroxylation is 1. The molecule has 19 heavy (non-hydrogen) atoms. The summed E-state index contributed by atoms with van der Waals surface area (Å²) in [6.45, 7) is 2.38. The Morgan fingerprint density at radius 3 is 2.89 bits per heavy atom. The minimum atomic E-state index is -3.45. The summed E-state index contributed by atoms with van der Waals surface area (Å²) in [6, 6.07) is 0. The second-order valence-corrected chi connectivity index (χ2v) is 6.54. The average molecular weight is 283 g/mol. The fraction of sp³-hybridized carbons (Fsp3) is 0.615. The lowest BCUT2D eigenvalue weighted by molar-refractivity contribution is 0.576. The number of hydrogen-bond donors (Lipinski definition) is 2. The highest BCUT2D eigenvalue weighted by Gasteiger charge is 2.16. The van der Waals surface area contributed by atoms with Crippen LogP contribution in [0.3, 0.4) is 0 Å². The Hall–Kier alpha value is -1.14. The number of nitrogens with one attached hydrogen (secondary N) is 2. The van der Waals surface area contributed by atoms with Crippen LogP contribution in [0, 0.1) is 0 Å². The van der Waals surface area contributed by atoms with Crippen molar-refractivity contribution in [1.29, 1.82) is 0 Å². The molecule has 0 bridgehead atoms.